The fourth-order valence-corrected chi connectivity index (χ4v) is 3.58. The molecule has 2 aromatic rings. The van der Waals surface area contributed by atoms with E-state index in [-0.39, 0.29) is 18.6 Å². The van der Waals surface area contributed by atoms with Crippen molar-refractivity contribution in [3.63, 3.8) is 0 Å². The zero-order chi connectivity index (χ0) is 20.0. The topological polar surface area (TPSA) is 43.7 Å². The largest absolute Gasteiger partial charge is 0.396 e. The maximum atomic E-state index is 14.7. The molecule has 2 unspecified atom stereocenters. The van der Waals surface area contributed by atoms with E-state index in [2.05, 4.69) is 0 Å². The molecule has 0 heterocycles. The predicted molar refractivity (Wildman–Crippen MR) is 103 cm³/mol. The number of aliphatic hydroxyl groups excluding tert-OH is 2. The smallest absolute Gasteiger partial charge is 0.128 e. The molecule has 2 N–H and O–H groups in total. The summed E-state index contributed by atoms with van der Waals surface area (Å²) in [6.45, 7) is 6.54. The Bertz CT molecular complexity index is 730. The van der Waals surface area contributed by atoms with Gasteiger partial charge in [0.05, 0.1) is 13.2 Å². The minimum Gasteiger partial charge on any atom is -0.396 e. The van der Waals surface area contributed by atoms with Crippen LogP contribution in [0.4, 0.5) is 8.78 Å². The molecule has 0 spiro atoms. The van der Waals surface area contributed by atoms with Gasteiger partial charge < -0.3 is 10.2 Å². The lowest BCUT2D eigenvalue weighted by molar-refractivity contribution is 0.0758. The number of halogens is 2. The molecule has 2 rings (SSSR count). The second-order valence-corrected chi connectivity index (χ2v) is 8.03. The van der Waals surface area contributed by atoms with Crippen molar-refractivity contribution in [2.75, 3.05) is 26.3 Å². The van der Waals surface area contributed by atoms with Crippen molar-refractivity contribution in [1.29, 1.82) is 0 Å². The Labute approximate surface area is 160 Å². The number of rotatable bonds is 8. The maximum absolute atomic E-state index is 14.7. The number of hydrogen-bond acceptors (Lipinski definition) is 3. The van der Waals surface area contributed by atoms with E-state index < -0.39 is 23.6 Å². The first-order chi connectivity index (χ1) is 12.8. The van der Waals surface area contributed by atoms with Gasteiger partial charge in [-0.3, -0.25) is 4.90 Å². The van der Waals surface area contributed by atoms with E-state index in [1.807, 2.05) is 25.7 Å². The Morgan fingerprint density at radius 1 is 0.889 bits per heavy atom. The molecule has 0 saturated heterocycles. The number of nitrogens with zero attached hydrogens (tertiary/aromatic N) is 1. The normalized spacial score (nSPS) is 14.4. The molecule has 27 heavy (non-hydrogen) atoms. The molecule has 2 aromatic carbocycles. The van der Waals surface area contributed by atoms with Crippen LogP contribution in [0.3, 0.4) is 0 Å². The molecule has 0 fully saturated rings. The molecule has 0 aliphatic carbocycles. The zero-order valence-electron chi connectivity index (χ0n) is 16.2. The quantitative estimate of drug-likeness (QED) is 0.727. The minimum atomic E-state index is -0.669. The Hall–Kier alpha value is -1.82. The summed E-state index contributed by atoms with van der Waals surface area (Å²) >= 11 is 0. The Balaban J connectivity index is 2.60. The van der Waals surface area contributed by atoms with Crippen molar-refractivity contribution >= 4 is 0 Å². The van der Waals surface area contributed by atoms with Crippen LogP contribution in [0.1, 0.15) is 43.9 Å². The molecule has 2 atom stereocenters. The third-order valence-electron chi connectivity index (χ3n) is 4.56. The van der Waals surface area contributed by atoms with Gasteiger partial charge in [-0.1, -0.05) is 57.2 Å². The molecule has 0 saturated carbocycles. The second kappa shape index (κ2) is 9.40. The van der Waals surface area contributed by atoms with E-state index in [9.17, 15) is 19.0 Å². The first-order valence-electron chi connectivity index (χ1n) is 9.23. The van der Waals surface area contributed by atoms with Gasteiger partial charge in [-0.15, -0.1) is 0 Å². The second-order valence-electron chi connectivity index (χ2n) is 8.03. The van der Waals surface area contributed by atoms with Crippen LogP contribution in [0, 0.1) is 17.0 Å². The van der Waals surface area contributed by atoms with Gasteiger partial charge in [-0.05, 0) is 23.1 Å². The van der Waals surface area contributed by atoms with Crippen molar-refractivity contribution in [2.45, 2.75) is 32.7 Å². The van der Waals surface area contributed by atoms with Gasteiger partial charge in [0.25, 0.3) is 0 Å². The number of hydrogen-bond donors (Lipinski definition) is 2. The van der Waals surface area contributed by atoms with Crippen LogP contribution in [-0.4, -0.2) is 41.4 Å². The highest BCUT2D eigenvalue weighted by molar-refractivity contribution is 5.30. The predicted octanol–water partition coefficient (Wildman–Crippen LogP) is 4.12. The van der Waals surface area contributed by atoms with Crippen LogP contribution in [0.5, 0.6) is 0 Å². The monoisotopic (exact) mass is 377 g/mol. The van der Waals surface area contributed by atoms with E-state index in [0.29, 0.717) is 24.2 Å². The van der Waals surface area contributed by atoms with Gasteiger partial charge in [0, 0.05) is 30.6 Å². The summed E-state index contributed by atoms with van der Waals surface area (Å²) in [4.78, 5) is 1.94. The van der Waals surface area contributed by atoms with E-state index in [4.69, 9.17) is 0 Å². The fourth-order valence-electron chi connectivity index (χ4n) is 3.58. The fraction of sp³-hybridized carbons (Fsp3) is 0.455. The van der Waals surface area contributed by atoms with Crippen molar-refractivity contribution < 1.29 is 19.0 Å². The molecular formula is C22H29F2NO2. The highest BCUT2D eigenvalue weighted by Crippen LogP contribution is 2.39. The SMILES string of the molecule is CC(C)(C)CN(CCO)C(c1ccccc1F)C(CO)c1ccccc1F. The molecule has 0 aliphatic heterocycles. The highest BCUT2D eigenvalue weighted by atomic mass is 19.1. The molecule has 0 aromatic heterocycles. The summed E-state index contributed by atoms with van der Waals surface area (Å²) < 4.78 is 29.2. The average molecular weight is 377 g/mol. The molecule has 148 valence electrons. The summed E-state index contributed by atoms with van der Waals surface area (Å²) in [5.74, 6) is -1.51. The van der Waals surface area contributed by atoms with E-state index in [1.54, 1.807) is 36.4 Å². The van der Waals surface area contributed by atoms with E-state index >= 15 is 0 Å². The van der Waals surface area contributed by atoms with Gasteiger partial charge in [0.2, 0.25) is 0 Å². The van der Waals surface area contributed by atoms with Crippen molar-refractivity contribution in [1.82, 2.24) is 4.90 Å². The Kier molecular flexibility index (Phi) is 7.48. The Morgan fingerprint density at radius 3 is 1.85 bits per heavy atom. The number of aliphatic hydroxyl groups is 2. The molecule has 0 aliphatic rings. The molecule has 0 bridgehead atoms. The standard InChI is InChI=1S/C22H29F2NO2/c1-22(2,3)15-25(12-13-26)21(17-9-5-7-11-20(17)24)18(14-27)16-8-4-6-10-19(16)23/h4-11,18,21,26-27H,12-15H2,1-3H3. The van der Waals surface area contributed by atoms with Gasteiger partial charge in [-0.25, -0.2) is 8.78 Å². The van der Waals surface area contributed by atoms with Gasteiger partial charge in [0.1, 0.15) is 11.6 Å². The minimum absolute atomic E-state index is 0.115. The van der Waals surface area contributed by atoms with Crippen LogP contribution >= 0.6 is 0 Å². The molecule has 0 radical (unpaired) electrons. The first-order valence-corrected chi connectivity index (χ1v) is 9.23. The molecule has 3 nitrogen and oxygen atoms in total. The summed E-state index contributed by atoms with van der Waals surface area (Å²) in [7, 11) is 0. The third-order valence-corrected chi connectivity index (χ3v) is 4.56. The lowest BCUT2D eigenvalue weighted by Crippen LogP contribution is -2.41. The summed E-state index contributed by atoms with van der Waals surface area (Å²) in [5, 5.41) is 19.8. The van der Waals surface area contributed by atoms with Crippen molar-refractivity contribution in [3.05, 3.63) is 71.3 Å². The molecular weight excluding hydrogens is 348 g/mol. The van der Waals surface area contributed by atoms with Crippen LogP contribution in [0.2, 0.25) is 0 Å². The summed E-state index contributed by atoms with van der Waals surface area (Å²) in [6.07, 6.45) is 0. The van der Waals surface area contributed by atoms with Crippen molar-refractivity contribution in [3.8, 4) is 0 Å². The first kappa shape index (κ1) is 21.5. The average Bonchev–Trinajstić information content (AvgIpc) is 2.60. The van der Waals surface area contributed by atoms with Gasteiger partial charge in [-0.2, -0.15) is 0 Å². The summed E-state index contributed by atoms with van der Waals surface area (Å²) in [6, 6.07) is 12.0. The Morgan fingerprint density at radius 2 is 1.41 bits per heavy atom. The molecule has 5 heteroatoms. The highest BCUT2D eigenvalue weighted by Gasteiger charge is 2.34. The van der Waals surface area contributed by atoms with Gasteiger partial charge in [0.15, 0.2) is 0 Å². The molecule has 0 amide bonds. The summed E-state index contributed by atoms with van der Waals surface area (Å²) in [5.41, 5.74) is 0.594. The van der Waals surface area contributed by atoms with Gasteiger partial charge >= 0.3 is 0 Å². The number of benzene rings is 2. The zero-order valence-corrected chi connectivity index (χ0v) is 16.2. The maximum Gasteiger partial charge on any atom is 0.128 e. The van der Waals surface area contributed by atoms with E-state index in [1.165, 1.54) is 12.1 Å². The third kappa shape index (κ3) is 5.58. The lowest BCUT2D eigenvalue weighted by atomic mass is 9.84. The van der Waals surface area contributed by atoms with Crippen LogP contribution in [0.25, 0.3) is 0 Å². The van der Waals surface area contributed by atoms with Crippen molar-refractivity contribution in [2.24, 2.45) is 5.41 Å². The van der Waals surface area contributed by atoms with Crippen LogP contribution in [-0.2, 0) is 0 Å². The van der Waals surface area contributed by atoms with Crippen LogP contribution in [0.15, 0.2) is 48.5 Å². The lowest BCUT2D eigenvalue weighted by Gasteiger charge is -2.40. The van der Waals surface area contributed by atoms with E-state index in [0.717, 1.165) is 0 Å². The van der Waals surface area contributed by atoms with Crippen LogP contribution < -0.4 is 0 Å².